The number of furan rings is 1. The van der Waals surface area contributed by atoms with Crippen molar-refractivity contribution in [2.75, 3.05) is 47.5 Å². The zero-order valence-corrected chi connectivity index (χ0v) is 39.7. The van der Waals surface area contributed by atoms with E-state index in [-0.39, 0.29) is 45.3 Å². The Balaban J connectivity index is 2.49. The summed E-state index contributed by atoms with van der Waals surface area (Å²) >= 11 is 0. The number of aliphatic hydroxyl groups is 2. The number of carbonyl (C=O) groups is 2. The minimum absolute atomic E-state index is 0.0937. The summed E-state index contributed by atoms with van der Waals surface area (Å²) in [5, 5.41) is 20.8. The first kappa shape index (κ1) is 56.2. The Kier molecular flexibility index (Phi) is 31.0. The summed E-state index contributed by atoms with van der Waals surface area (Å²) in [5.74, 6) is 1.08. The van der Waals surface area contributed by atoms with Crippen LogP contribution in [-0.2, 0) is 45.5 Å². The molecule has 61 heavy (non-hydrogen) atoms. The van der Waals surface area contributed by atoms with Crippen molar-refractivity contribution in [3.63, 3.8) is 0 Å². The normalized spacial score (nSPS) is 15.0. The van der Waals surface area contributed by atoms with Gasteiger partial charge in [0.15, 0.2) is 6.10 Å². The lowest BCUT2D eigenvalue weighted by Gasteiger charge is -2.28. The molecule has 0 fully saturated rings. The molecule has 2 N–H and O–H groups in total. The molecule has 12 nitrogen and oxygen atoms in total. The zero-order chi connectivity index (χ0) is 45.4. The van der Waals surface area contributed by atoms with Gasteiger partial charge in [-0.3, -0.25) is 14.2 Å². The second-order valence-corrected chi connectivity index (χ2v) is 18.3. The monoisotopic (exact) mass is 880 g/mol. The molecule has 1 aromatic heterocycles. The molecule has 0 radical (unpaired) electrons. The van der Waals surface area contributed by atoms with E-state index in [9.17, 15) is 29.3 Å². The Morgan fingerprint density at radius 1 is 0.705 bits per heavy atom. The van der Waals surface area contributed by atoms with Crippen LogP contribution in [0.25, 0.3) is 0 Å². The first-order chi connectivity index (χ1) is 29.1. The molecule has 1 rings (SSSR count). The summed E-state index contributed by atoms with van der Waals surface area (Å²) in [6.07, 6.45) is 28.7. The number of phosphoric ester groups is 1. The zero-order valence-electron chi connectivity index (χ0n) is 38.8. The summed E-state index contributed by atoms with van der Waals surface area (Å²) in [6, 6.07) is 0. The Morgan fingerprint density at radius 2 is 1.25 bits per heavy atom. The predicted octanol–water partition coefficient (Wildman–Crippen LogP) is 9.65. The molecule has 350 valence electrons. The van der Waals surface area contributed by atoms with E-state index in [0.29, 0.717) is 17.4 Å². The van der Waals surface area contributed by atoms with E-state index in [0.717, 1.165) is 88.6 Å². The molecule has 1 unspecified atom stereocenters. The molecular formula is C48H82NO11P. The van der Waals surface area contributed by atoms with E-state index < -0.39 is 44.7 Å². The Hall–Kier alpha value is -2.83. The van der Waals surface area contributed by atoms with Crippen molar-refractivity contribution in [1.82, 2.24) is 0 Å². The van der Waals surface area contributed by atoms with E-state index >= 15 is 0 Å². The number of hydrogen-bond acceptors (Lipinski definition) is 11. The van der Waals surface area contributed by atoms with Gasteiger partial charge >= 0.3 is 11.9 Å². The topological polar surface area (TPSA) is 165 Å². The highest BCUT2D eigenvalue weighted by atomic mass is 31.2. The molecule has 0 aliphatic carbocycles. The molecule has 4 atom stereocenters. The Bertz CT molecular complexity index is 1490. The third-order valence-electron chi connectivity index (χ3n) is 10.3. The van der Waals surface area contributed by atoms with Crippen LogP contribution in [0.5, 0.6) is 0 Å². The smallest absolute Gasteiger partial charge is 0.306 e. The van der Waals surface area contributed by atoms with Gasteiger partial charge in [0.05, 0.1) is 40.0 Å². The summed E-state index contributed by atoms with van der Waals surface area (Å²) in [6.45, 7) is 7.98. The molecule has 0 aromatic carbocycles. The van der Waals surface area contributed by atoms with Crippen LogP contribution in [0.3, 0.4) is 0 Å². The fraction of sp³-hybridized carbons (Fsp3) is 0.708. The molecule has 0 saturated carbocycles. The standard InChI is InChI=1S/C48H82NO11P/c1-8-10-12-13-14-15-16-17-18-19-22-26-30-43(50)44(51)31-29-35-48(53)59-42(39-58-61(54,55)57-37-36-49(5,6)7)38-56-47(52)34-28-24-21-20-23-27-33-46-41(4)40(3)45(60-46)32-25-11-9-2/h10,12,14-15,17-18,22,26,42-44,50-51H,8-9,11,13,16,19-21,23-25,27-39H2,1-7H3/b12-10-,15-14-,18-17-,26-22-/t42-,43-,44-/m1/s1. The van der Waals surface area contributed by atoms with Crippen molar-refractivity contribution >= 4 is 19.8 Å². The lowest BCUT2D eigenvalue weighted by atomic mass is 10.0. The molecule has 13 heteroatoms. The minimum Gasteiger partial charge on any atom is -0.756 e. The number of rotatable bonds is 37. The molecule has 1 aromatic rings. The maximum Gasteiger partial charge on any atom is 0.306 e. The van der Waals surface area contributed by atoms with E-state index in [2.05, 4.69) is 58.1 Å². The molecule has 0 bridgehead atoms. The third-order valence-corrected chi connectivity index (χ3v) is 11.2. The van der Waals surface area contributed by atoms with Gasteiger partial charge in [-0.1, -0.05) is 101 Å². The number of allylic oxidation sites excluding steroid dienone is 7. The van der Waals surface area contributed by atoms with Gasteiger partial charge in [-0.05, 0) is 89.2 Å². The number of hydrogen-bond donors (Lipinski definition) is 2. The predicted molar refractivity (Wildman–Crippen MR) is 242 cm³/mol. The van der Waals surface area contributed by atoms with Gasteiger partial charge in [-0.15, -0.1) is 0 Å². The molecule has 1 heterocycles. The van der Waals surface area contributed by atoms with E-state index in [4.69, 9.17) is 22.9 Å². The van der Waals surface area contributed by atoms with E-state index in [1.54, 1.807) is 0 Å². The van der Waals surface area contributed by atoms with Crippen molar-refractivity contribution in [1.29, 1.82) is 0 Å². The quantitative estimate of drug-likeness (QED) is 0.0215. The molecular weight excluding hydrogens is 797 g/mol. The number of esters is 2. The van der Waals surface area contributed by atoms with Crippen LogP contribution in [0.4, 0.5) is 0 Å². The number of phosphoric acid groups is 1. The first-order valence-corrected chi connectivity index (χ1v) is 24.3. The van der Waals surface area contributed by atoms with Crippen molar-refractivity contribution in [3.8, 4) is 0 Å². The van der Waals surface area contributed by atoms with Gasteiger partial charge in [0, 0.05) is 25.7 Å². The third kappa shape index (κ3) is 30.0. The molecule has 0 spiro atoms. The van der Waals surface area contributed by atoms with Crippen LogP contribution < -0.4 is 4.89 Å². The van der Waals surface area contributed by atoms with Gasteiger partial charge in [-0.2, -0.15) is 0 Å². The summed E-state index contributed by atoms with van der Waals surface area (Å²) in [4.78, 5) is 37.8. The average molecular weight is 880 g/mol. The largest absolute Gasteiger partial charge is 0.756 e. The molecule has 0 saturated heterocycles. The van der Waals surface area contributed by atoms with Crippen LogP contribution in [0.15, 0.2) is 53.0 Å². The summed E-state index contributed by atoms with van der Waals surface area (Å²) in [7, 11) is 0.953. The van der Waals surface area contributed by atoms with E-state index in [1.165, 1.54) is 24.0 Å². The fourth-order valence-corrected chi connectivity index (χ4v) is 7.00. The molecule has 0 amide bonds. The van der Waals surface area contributed by atoms with Gasteiger partial charge in [-0.25, -0.2) is 0 Å². The van der Waals surface area contributed by atoms with Gasteiger partial charge in [0.1, 0.15) is 31.3 Å². The number of likely N-dealkylation sites (N-methyl/N-ethyl adjacent to an activating group) is 1. The summed E-state index contributed by atoms with van der Waals surface area (Å²) in [5.41, 5.74) is 2.57. The van der Waals surface area contributed by atoms with Gasteiger partial charge in [0.2, 0.25) is 0 Å². The number of aliphatic hydroxyl groups excluding tert-OH is 2. The Labute approximate surface area is 368 Å². The molecule has 0 aliphatic heterocycles. The van der Waals surface area contributed by atoms with Gasteiger partial charge < -0.3 is 42.5 Å². The fourth-order valence-electron chi connectivity index (χ4n) is 6.27. The highest BCUT2D eigenvalue weighted by Gasteiger charge is 2.23. The van der Waals surface area contributed by atoms with Gasteiger partial charge in [0.25, 0.3) is 7.82 Å². The average Bonchev–Trinajstić information content (AvgIpc) is 3.47. The van der Waals surface area contributed by atoms with Crippen LogP contribution in [0.1, 0.15) is 152 Å². The number of ether oxygens (including phenoxy) is 2. The van der Waals surface area contributed by atoms with Crippen molar-refractivity contribution in [2.24, 2.45) is 0 Å². The SMILES string of the molecule is CC/C=C\C/C=C\C/C=C\C/C=C\C[C@@H](O)[C@H](O)CCCC(=O)O[C@H](COC(=O)CCCCCCCCc1oc(CCCCC)c(C)c1C)COP(=O)([O-])OCC[N+](C)(C)C. The minimum atomic E-state index is -4.73. The second-order valence-electron chi connectivity index (χ2n) is 16.9. The first-order valence-electron chi connectivity index (χ1n) is 22.9. The second kappa shape index (κ2) is 33.7. The van der Waals surface area contributed by atoms with E-state index in [1.807, 2.05) is 39.4 Å². The van der Waals surface area contributed by atoms with Crippen molar-refractivity contribution in [3.05, 3.63) is 71.3 Å². The van der Waals surface area contributed by atoms with Crippen LogP contribution in [0.2, 0.25) is 0 Å². The van der Waals surface area contributed by atoms with Crippen LogP contribution in [0, 0.1) is 13.8 Å². The number of unbranched alkanes of at least 4 members (excludes halogenated alkanes) is 7. The van der Waals surface area contributed by atoms with Crippen LogP contribution in [-0.4, -0.2) is 92.5 Å². The number of aryl methyl sites for hydroxylation is 2. The van der Waals surface area contributed by atoms with Crippen molar-refractivity contribution < 1.29 is 56.7 Å². The Morgan fingerprint density at radius 3 is 1.84 bits per heavy atom. The summed E-state index contributed by atoms with van der Waals surface area (Å²) < 4.78 is 40.0. The molecule has 0 aliphatic rings. The number of carbonyl (C=O) groups excluding carboxylic acids is 2. The number of nitrogens with zero attached hydrogens (tertiary/aromatic N) is 1. The highest BCUT2D eigenvalue weighted by Crippen LogP contribution is 2.38. The van der Waals surface area contributed by atoms with Crippen molar-refractivity contribution in [2.45, 2.75) is 174 Å². The lowest BCUT2D eigenvalue weighted by molar-refractivity contribution is -0.870. The maximum absolute atomic E-state index is 12.8. The number of quaternary nitrogens is 1. The lowest BCUT2D eigenvalue weighted by Crippen LogP contribution is -2.37. The maximum atomic E-state index is 12.8. The van der Waals surface area contributed by atoms with Crippen LogP contribution >= 0.6 is 7.82 Å². The highest BCUT2D eigenvalue weighted by molar-refractivity contribution is 7.45.